The van der Waals surface area contributed by atoms with Gasteiger partial charge in [0, 0.05) is 13.1 Å². The summed E-state index contributed by atoms with van der Waals surface area (Å²) in [4.78, 5) is 5.25. The Kier molecular flexibility index (Phi) is 4.24. The summed E-state index contributed by atoms with van der Waals surface area (Å²) in [7, 11) is 0. The molecule has 1 aromatic heterocycles. The molecule has 1 N–H and O–H groups in total. The van der Waals surface area contributed by atoms with Gasteiger partial charge in [0.15, 0.2) is 0 Å². The maximum absolute atomic E-state index is 12.6. The van der Waals surface area contributed by atoms with Crippen LogP contribution in [0.5, 0.6) is 0 Å². The minimum Gasteiger partial charge on any atom is -0.370 e. The van der Waals surface area contributed by atoms with Gasteiger partial charge in [0.2, 0.25) is 0 Å². The van der Waals surface area contributed by atoms with Gasteiger partial charge in [-0.2, -0.15) is 13.2 Å². The Morgan fingerprint density at radius 1 is 1.37 bits per heavy atom. The lowest BCUT2D eigenvalue weighted by Crippen LogP contribution is -2.33. The van der Waals surface area contributed by atoms with E-state index in [0.29, 0.717) is 25.5 Å². The second-order valence-corrected chi connectivity index (χ2v) is 4.75. The van der Waals surface area contributed by atoms with Crippen molar-refractivity contribution in [3.63, 3.8) is 0 Å². The maximum Gasteiger partial charge on any atom is 0.401 e. The van der Waals surface area contributed by atoms with E-state index >= 15 is 0 Å². The molecule has 2 rings (SSSR count). The van der Waals surface area contributed by atoms with Crippen LogP contribution in [0.2, 0.25) is 0 Å². The van der Waals surface area contributed by atoms with E-state index in [1.54, 1.807) is 0 Å². The standard InChI is InChI=1S/C12H15F4N3/c13-10-1-2-11(18-6-10)17-5-9-3-4-19(7-9)8-12(14,15)16/h1-2,6,9H,3-5,7-8H2,(H,17,18). The summed E-state index contributed by atoms with van der Waals surface area (Å²) in [5, 5.41) is 3.01. The van der Waals surface area contributed by atoms with Crippen LogP contribution in [0.25, 0.3) is 0 Å². The molecule has 1 aliphatic rings. The van der Waals surface area contributed by atoms with Crippen molar-refractivity contribution in [1.29, 1.82) is 0 Å². The molecular weight excluding hydrogens is 262 g/mol. The zero-order valence-electron chi connectivity index (χ0n) is 10.3. The molecule has 0 saturated carbocycles. The molecule has 0 bridgehead atoms. The molecule has 1 fully saturated rings. The summed E-state index contributed by atoms with van der Waals surface area (Å²) >= 11 is 0. The van der Waals surface area contributed by atoms with Crippen molar-refractivity contribution in [2.45, 2.75) is 12.6 Å². The van der Waals surface area contributed by atoms with E-state index in [0.717, 1.165) is 12.6 Å². The van der Waals surface area contributed by atoms with Crippen LogP contribution < -0.4 is 5.32 Å². The van der Waals surface area contributed by atoms with Crippen molar-refractivity contribution in [2.24, 2.45) is 5.92 Å². The summed E-state index contributed by atoms with van der Waals surface area (Å²) in [6, 6.07) is 2.80. The lowest BCUT2D eigenvalue weighted by molar-refractivity contribution is -0.143. The number of hydrogen-bond donors (Lipinski definition) is 1. The highest BCUT2D eigenvalue weighted by Gasteiger charge is 2.34. The van der Waals surface area contributed by atoms with Crippen LogP contribution in [0.1, 0.15) is 6.42 Å². The van der Waals surface area contributed by atoms with Gasteiger partial charge in [-0.1, -0.05) is 0 Å². The average Bonchev–Trinajstić information content (AvgIpc) is 2.73. The first kappa shape index (κ1) is 14.0. The number of halogens is 4. The first-order valence-corrected chi connectivity index (χ1v) is 6.07. The van der Waals surface area contributed by atoms with Crippen molar-refractivity contribution in [3.8, 4) is 0 Å². The quantitative estimate of drug-likeness (QED) is 0.857. The third-order valence-electron chi connectivity index (χ3n) is 3.07. The average molecular weight is 277 g/mol. The Labute approximate surface area is 108 Å². The van der Waals surface area contributed by atoms with Crippen molar-refractivity contribution < 1.29 is 17.6 Å². The molecule has 106 valence electrons. The van der Waals surface area contributed by atoms with Gasteiger partial charge in [-0.05, 0) is 31.0 Å². The number of nitrogens with one attached hydrogen (secondary N) is 1. The van der Waals surface area contributed by atoms with Crippen molar-refractivity contribution in [2.75, 3.05) is 31.5 Å². The normalized spacial score (nSPS) is 20.7. The summed E-state index contributed by atoms with van der Waals surface area (Å²) in [6.07, 6.45) is -2.31. The second-order valence-electron chi connectivity index (χ2n) is 4.75. The van der Waals surface area contributed by atoms with Gasteiger partial charge in [0.05, 0.1) is 12.7 Å². The van der Waals surface area contributed by atoms with Gasteiger partial charge >= 0.3 is 6.18 Å². The predicted octanol–water partition coefficient (Wildman–Crippen LogP) is 2.52. The molecule has 7 heteroatoms. The van der Waals surface area contributed by atoms with Gasteiger partial charge in [-0.15, -0.1) is 0 Å². The van der Waals surface area contributed by atoms with Gasteiger partial charge in [0.1, 0.15) is 11.6 Å². The zero-order valence-corrected chi connectivity index (χ0v) is 10.3. The van der Waals surface area contributed by atoms with Gasteiger partial charge in [-0.25, -0.2) is 9.37 Å². The molecule has 0 aliphatic carbocycles. The Bertz CT molecular complexity index is 404. The number of anilines is 1. The monoisotopic (exact) mass is 277 g/mol. The zero-order chi connectivity index (χ0) is 13.9. The van der Waals surface area contributed by atoms with Gasteiger partial charge < -0.3 is 5.32 Å². The minimum atomic E-state index is -4.14. The molecule has 1 aromatic rings. The van der Waals surface area contributed by atoms with Crippen molar-refractivity contribution in [1.82, 2.24) is 9.88 Å². The molecule has 1 unspecified atom stereocenters. The number of nitrogens with zero attached hydrogens (tertiary/aromatic N) is 2. The lowest BCUT2D eigenvalue weighted by atomic mass is 10.1. The topological polar surface area (TPSA) is 28.2 Å². The molecule has 1 saturated heterocycles. The highest BCUT2D eigenvalue weighted by atomic mass is 19.4. The van der Waals surface area contributed by atoms with Crippen molar-refractivity contribution >= 4 is 5.82 Å². The Morgan fingerprint density at radius 3 is 2.79 bits per heavy atom. The maximum atomic E-state index is 12.6. The van der Waals surface area contributed by atoms with Crippen LogP contribution in [0, 0.1) is 11.7 Å². The summed E-state index contributed by atoms with van der Waals surface area (Å²) in [5.74, 6) is 0.285. The molecule has 3 nitrogen and oxygen atoms in total. The molecule has 0 radical (unpaired) electrons. The fraction of sp³-hybridized carbons (Fsp3) is 0.583. The number of alkyl halides is 3. The first-order valence-electron chi connectivity index (χ1n) is 6.07. The molecule has 1 atom stereocenters. The van der Waals surface area contributed by atoms with E-state index in [1.165, 1.54) is 17.0 Å². The SMILES string of the molecule is Fc1ccc(NCC2CCN(CC(F)(F)F)C2)nc1. The Morgan fingerprint density at radius 2 is 2.16 bits per heavy atom. The largest absolute Gasteiger partial charge is 0.401 e. The first-order chi connectivity index (χ1) is 8.92. The molecule has 0 aromatic carbocycles. The smallest absolute Gasteiger partial charge is 0.370 e. The van der Waals surface area contributed by atoms with Crippen LogP contribution in [0.3, 0.4) is 0 Å². The molecule has 1 aliphatic heterocycles. The third kappa shape index (κ3) is 4.66. The Balaban J connectivity index is 1.75. The molecule has 0 amide bonds. The fourth-order valence-electron chi connectivity index (χ4n) is 2.21. The highest BCUT2D eigenvalue weighted by molar-refractivity contribution is 5.33. The van der Waals surface area contributed by atoms with Crippen LogP contribution >= 0.6 is 0 Å². The van der Waals surface area contributed by atoms with E-state index in [9.17, 15) is 17.6 Å². The molecular formula is C12H15F4N3. The van der Waals surface area contributed by atoms with Gasteiger partial charge in [-0.3, -0.25) is 4.90 Å². The fourth-order valence-corrected chi connectivity index (χ4v) is 2.21. The third-order valence-corrected chi connectivity index (χ3v) is 3.07. The predicted molar refractivity (Wildman–Crippen MR) is 63.3 cm³/mol. The number of aromatic nitrogens is 1. The van der Waals surface area contributed by atoms with Crippen LogP contribution in [0.4, 0.5) is 23.4 Å². The second kappa shape index (κ2) is 5.73. The van der Waals surface area contributed by atoms with E-state index in [1.807, 2.05) is 0 Å². The van der Waals surface area contributed by atoms with Gasteiger partial charge in [0.25, 0.3) is 0 Å². The van der Waals surface area contributed by atoms with Crippen LogP contribution in [-0.2, 0) is 0 Å². The van der Waals surface area contributed by atoms with E-state index in [4.69, 9.17) is 0 Å². The van der Waals surface area contributed by atoms with E-state index < -0.39 is 18.5 Å². The minimum absolute atomic E-state index is 0.161. The number of rotatable bonds is 4. The Hall–Kier alpha value is -1.37. The summed E-state index contributed by atoms with van der Waals surface area (Å²) < 4.78 is 49.3. The number of hydrogen-bond acceptors (Lipinski definition) is 3. The van der Waals surface area contributed by atoms with E-state index in [2.05, 4.69) is 10.3 Å². The van der Waals surface area contributed by atoms with Crippen molar-refractivity contribution in [3.05, 3.63) is 24.1 Å². The summed E-state index contributed by atoms with van der Waals surface area (Å²) in [6.45, 7) is 0.585. The lowest BCUT2D eigenvalue weighted by Gasteiger charge is -2.18. The molecule has 19 heavy (non-hydrogen) atoms. The molecule has 0 spiro atoms. The number of pyridine rings is 1. The van der Waals surface area contributed by atoms with Crippen LogP contribution in [0.15, 0.2) is 18.3 Å². The summed E-state index contributed by atoms with van der Waals surface area (Å²) in [5.41, 5.74) is 0. The molecule has 2 heterocycles. The van der Waals surface area contributed by atoms with Crippen LogP contribution in [-0.4, -0.2) is 42.2 Å². The highest BCUT2D eigenvalue weighted by Crippen LogP contribution is 2.22. The number of likely N-dealkylation sites (tertiary alicyclic amines) is 1. The van der Waals surface area contributed by atoms with E-state index in [-0.39, 0.29) is 5.92 Å².